The van der Waals surface area contributed by atoms with Crippen LogP contribution in [-0.4, -0.2) is 16.2 Å². The minimum Gasteiger partial charge on any atom is -0.507 e. The number of hydrogen-bond donors (Lipinski definition) is 2. The van der Waals surface area contributed by atoms with Gasteiger partial charge in [0.1, 0.15) is 11.3 Å². The van der Waals surface area contributed by atoms with E-state index in [9.17, 15) is 15.0 Å². The van der Waals surface area contributed by atoms with Crippen molar-refractivity contribution in [2.24, 2.45) is 0 Å². The van der Waals surface area contributed by atoms with E-state index >= 15 is 0 Å². The van der Waals surface area contributed by atoms with Crippen molar-refractivity contribution in [2.75, 3.05) is 0 Å². The Kier molecular flexibility index (Phi) is 5.60. The highest BCUT2D eigenvalue weighted by Gasteiger charge is 2.21. The molecular formula is C24H24O3. The number of carbonyl (C=O) groups is 1. The van der Waals surface area contributed by atoms with Gasteiger partial charge in [-0.2, -0.15) is 0 Å². The SMILES string of the molecule is Cc1ccc(C(CC(C)c2ccccc2)c2ccc(O)c(C(=O)O)c2)cc1. The molecule has 0 aliphatic carbocycles. The molecule has 138 valence electrons. The molecule has 0 aromatic heterocycles. The van der Waals surface area contributed by atoms with Gasteiger partial charge in [0.25, 0.3) is 0 Å². The van der Waals surface area contributed by atoms with E-state index < -0.39 is 5.97 Å². The van der Waals surface area contributed by atoms with E-state index in [2.05, 4.69) is 50.2 Å². The number of carboxylic acids is 1. The zero-order valence-corrected chi connectivity index (χ0v) is 15.6. The van der Waals surface area contributed by atoms with Gasteiger partial charge in [0.15, 0.2) is 0 Å². The molecule has 3 heteroatoms. The van der Waals surface area contributed by atoms with Gasteiger partial charge in [-0.1, -0.05) is 73.2 Å². The third-order valence-electron chi connectivity index (χ3n) is 5.09. The second-order valence-corrected chi connectivity index (χ2v) is 7.09. The molecule has 0 saturated carbocycles. The Balaban J connectivity index is 2.01. The summed E-state index contributed by atoms with van der Waals surface area (Å²) in [6, 6.07) is 23.6. The van der Waals surface area contributed by atoms with Gasteiger partial charge in [-0.15, -0.1) is 0 Å². The second kappa shape index (κ2) is 8.09. The van der Waals surface area contributed by atoms with Crippen molar-refractivity contribution in [1.29, 1.82) is 0 Å². The summed E-state index contributed by atoms with van der Waals surface area (Å²) in [6.45, 7) is 4.24. The zero-order chi connectivity index (χ0) is 19.4. The molecule has 0 saturated heterocycles. The molecule has 2 unspecified atom stereocenters. The second-order valence-electron chi connectivity index (χ2n) is 7.09. The lowest BCUT2D eigenvalue weighted by molar-refractivity contribution is 0.0693. The van der Waals surface area contributed by atoms with Crippen LogP contribution in [0.4, 0.5) is 0 Å². The van der Waals surface area contributed by atoms with Crippen LogP contribution in [0.15, 0.2) is 72.8 Å². The van der Waals surface area contributed by atoms with E-state index in [1.807, 2.05) is 24.3 Å². The van der Waals surface area contributed by atoms with Crippen molar-refractivity contribution in [3.05, 3.63) is 101 Å². The molecule has 0 radical (unpaired) electrons. The Labute approximate surface area is 159 Å². The Bertz CT molecular complexity index is 914. The molecule has 0 spiro atoms. The number of phenols is 1. The van der Waals surface area contributed by atoms with Crippen LogP contribution in [-0.2, 0) is 0 Å². The fraction of sp³-hybridized carbons (Fsp3) is 0.208. The van der Waals surface area contributed by atoms with Crippen LogP contribution in [0.2, 0.25) is 0 Å². The van der Waals surface area contributed by atoms with Crippen molar-refractivity contribution in [3.8, 4) is 5.75 Å². The first-order valence-corrected chi connectivity index (χ1v) is 9.13. The molecule has 0 bridgehead atoms. The maximum Gasteiger partial charge on any atom is 0.339 e. The van der Waals surface area contributed by atoms with Crippen LogP contribution < -0.4 is 0 Å². The maximum absolute atomic E-state index is 11.5. The number of rotatable bonds is 6. The average molecular weight is 360 g/mol. The fourth-order valence-corrected chi connectivity index (χ4v) is 3.48. The Morgan fingerprint density at radius 3 is 2.15 bits per heavy atom. The normalized spacial score (nSPS) is 13.1. The molecule has 2 N–H and O–H groups in total. The van der Waals surface area contributed by atoms with E-state index in [4.69, 9.17) is 0 Å². The zero-order valence-electron chi connectivity index (χ0n) is 15.6. The van der Waals surface area contributed by atoms with Gasteiger partial charge < -0.3 is 10.2 Å². The third-order valence-corrected chi connectivity index (χ3v) is 5.09. The van der Waals surface area contributed by atoms with Crippen molar-refractivity contribution >= 4 is 5.97 Å². The summed E-state index contributed by atoms with van der Waals surface area (Å²) < 4.78 is 0. The van der Waals surface area contributed by atoms with Gasteiger partial charge in [-0.05, 0) is 48.1 Å². The van der Waals surface area contributed by atoms with Crippen LogP contribution >= 0.6 is 0 Å². The molecule has 27 heavy (non-hydrogen) atoms. The predicted octanol–water partition coefficient (Wildman–Crippen LogP) is 5.72. The Morgan fingerprint density at radius 1 is 0.889 bits per heavy atom. The quantitative estimate of drug-likeness (QED) is 0.591. The van der Waals surface area contributed by atoms with E-state index in [1.54, 1.807) is 6.07 Å². The molecule has 3 aromatic carbocycles. The summed E-state index contributed by atoms with van der Waals surface area (Å²) in [6.07, 6.45) is 0.844. The van der Waals surface area contributed by atoms with Gasteiger partial charge in [0.2, 0.25) is 0 Å². The molecule has 3 aromatic rings. The number of aryl methyl sites for hydroxylation is 1. The molecule has 0 heterocycles. The number of benzene rings is 3. The largest absolute Gasteiger partial charge is 0.507 e. The molecule has 0 aliphatic rings. The number of aromatic hydroxyl groups is 1. The highest BCUT2D eigenvalue weighted by molar-refractivity contribution is 5.91. The predicted molar refractivity (Wildman–Crippen MR) is 108 cm³/mol. The van der Waals surface area contributed by atoms with E-state index in [0.29, 0.717) is 5.92 Å². The summed E-state index contributed by atoms with van der Waals surface area (Å²) in [5, 5.41) is 19.3. The first kappa shape index (κ1) is 18.7. The topological polar surface area (TPSA) is 57.5 Å². The summed E-state index contributed by atoms with van der Waals surface area (Å²) in [5.41, 5.74) is 4.43. The van der Waals surface area contributed by atoms with Crippen LogP contribution in [0, 0.1) is 6.92 Å². The van der Waals surface area contributed by atoms with Crippen molar-refractivity contribution < 1.29 is 15.0 Å². The summed E-state index contributed by atoms with van der Waals surface area (Å²) >= 11 is 0. The molecular weight excluding hydrogens is 336 g/mol. The summed E-state index contributed by atoms with van der Waals surface area (Å²) in [5.74, 6) is -0.975. The van der Waals surface area contributed by atoms with Gasteiger partial charge in [0.05, 0.1) is 0 Å². The number of aromatic carboxylic acids is 1. The molecule has 2 atom stereocenters. The summed E-state index contributed by atoms with van der Waals surface area (Å²) in [4.78, 5) is 11.5. The lowest BCUT2D eigenvalue weighted by atomic mass is 9.81. The van der Waals surface area contributed by atoms with Crippen molar-refractivity contribution in [2.45, 2.75) is 32.1 Å². The van der Waals surface area contributed by atoms with Crippen molar-refractivity contribution in [3.63, 3.8) is 0 Å². The molecule has 3 nitrogen and oxygen atoms in total. The van der Waals surface area contributed by atoms with Gasteiger partial charge in [0, 0.05) is 5.92 Å². The first-order valence-electron chi connectivity index (χ1n) is 9.13. The van der Waals surface area contributed by atoms with Gasteiger partial charge >= 0.3 is 5.97 Å². The van der Waals surface area contributed by atoms with Crippen molar-refractivity contribution in [1.82, 2.24) is 0 Å². The Morgan fingerprint density at radius 2 is 1.52 bits per heavy atom. The lowest BCUT2D eigenvalue weighted by Gasteiger charge is -2.23. The first-order chi connectivity index (χ1) is 13.0. The highest BCUT2D eigenvalue weighted by atomic mass is 16.4. The van der Waals surface area contributed by atoms with Crippen LogP contribution in [0.1, 0.15) is 57.8 Å². The minimum atomic E-state index is -1.12. The Hall–Kier alpha value is -3.07. The molecule has 0 aliphatic heterocycles. The molecule has 3 rings (SSSR count). The molecule has 0 amide bonds. The lowest BCUT2D eigenvalue weighted by Crippen LogP contribution is -2.08. The van der Waals surface area contributed by atoms with Gasteiger partial charge in [-0.3, -0.25) is 0 Å². The van der Waals surface area contributed by atoms with Crippen LogP contribution in [0.5, 0.6) is 5.75 Å². The van der Waals surface area contributed by atoms with E-state index in [1.165, 1.54) is 17.2 Å². The minimum absolute atomic E-state index is 0.0412. The van der Waals surface area contributed by atoms with E-state index in [0.717, 1.165) is 17.5 Å². The van der Waals surface area contributed by atoms with Gasteiger partial charge in [-0.25, -0.2) is 4.79 Å². The number of hydrogen-bond acceptors (Lipinski definition) is 2. The third kappa shape index (κ3) is 4.37. The molecule has 0 fully saturated rings. The maximum atomic E-state index is 11.5. The monoisotopic (exact) mass is 360 g/mol. The van der Waals surface area contributed by atoms with Crippen LogP contribution in [0.3, 0.4) is 0 Å². The number of carboxylic acid groups (broad SMARTS) is 1. The average Bonchev–Trinajstić information content (AvgIpc) is 2.68. The smallest absolute Gasteiger partial charge is 0.339 e. The fourth-order valence-electron chi connectivity index (χ4n) is 3.48. The van der Waals surface area contributed by atoms with Crippen LogP contribution in [0.25, 0.3) is 0 Å². The summed E-state index contributed by atoms with van der Waals surface area (Å²) in [7, 11) is 0. The highest BCUT2D eigenvalue weighted by Crippen LogP contribution is 2.36. The standard InChI is InChI=1S/C24H24O3/c1-16-8-10-19(11-9-16)21(14-17(2)18-6-4-3-5-7-18)20-12-13-23(25)22(15-20)24(26)27/h3-13,15,17,21,25H,14H2,1-2H3,(H,26,27). The van der Waals surface area contributed by atoms with E-state index in [-0.39, 0.29) is 17.2 Å².